The Kier molecular flexibility index (Phi) is 5.43. The molecule has 0 heterocycles. The monoisotopic (exact) mass is 190 g/mol. The predicted molar refractivity (Wildman–Crippen MR) is 30.0 cm³/mol. The molecule has 0 aliphatic carbocycles. The molecule has 0 spiro atoms. The van der Waals surface area contributed by atoms with E-state index < -0.39 is 0 Å². The fraction of sp³-hybridized carbons (Fsp3) is 0.250. The molecule has 0 aliphatic heterocycles. The van der Waals surface area contributed by atoms with Crippen LogP contribution in [0.2, 0.25) is 0 Å². The zero-order valence-corrected chi connectivity index (χ0v) is 6.23. The fourth-order valence-electron chi connectivity index (χ4n) is 0.139. The normalized spacial score (nSPS) is 8.83. The van der Waals surface area contributed by atoms with Crippen molar-refractivity contribution in [3.05, 3.63) is 12.3 Å². The summed E-state index contributed by atoms with van der Waals surface area (Å²) in [7, 11) is 1.88. The first kappa shape index (κ1) is 6.23. The Bertz CT molecular complexity index is 58.6. The summed E-state index contributed by atoms with van der Waals surface area (Å²) >= 11 is 1.68. The van der Waals surface area contributed by atoms with Crippen LogP contribution in [-0.2, 0) is 0 Å². The van der Waals surface area contributed by atoms with Crippen LogP contribution in [-0.4, -0.2) is 33.5 Å². The second-order valence-electron chi connectivity index (χ2n) is 0.797. The Morgan fingerprint density at radius 2 is 2.33 bits per heavy atom. The Morgan fingerprint density at radius 1 is 1.67 bits per heavy atom. The minimum atomic E-state index is 1.68. The van der Waals surface area contributed by atoms with E-state index in [4.69, 9.17) is 0 Å². The van der Waals surface area contributed by atoms with E-state index in [1.807, 2.05) is 23.3 Å². The van der Waals surface area contributed by atoms with Gasteiger partial charge in [-0.3, -0.25) is 0 Å². The van der Waals surface area contributed by atoms with Gasteiger partial charge in [0.2, 0.25) is 0 Å². The quantitative estimate of drug-likeness (QED) is 0.590. The standard InChI is InChI=1S/C4H7N.Sb/c1-3-4-5-2;/h1,3-5H,2H3;/q;+1/b4-3-;. The zero-order chi connectivity index (χ0) is 4.83. The fourth-order valence-corrected chi connectivity index (χ4v) is 0.385. The van der Waals surface area contributed by atoms with Crippen LogP contribution in [0, 0.1) is 0 Å². The summed E-state index contributed by atoms with van der Waals surface area (Å²) in [6.07, 6.45) is 3.85. The molecule has 0 amide bonds. The number of hydrogen-bond donors (Lipinski definition) is 1. The van der Waals surface area contributed by atoms with Crippen LogP contribution in [0.5, 0.6) is 0 Å². The maximum absolute atomic E-state index is 2.86. The number of rotatable bonds is 2. The molecule has 0 aromatic heterocycles. The molecule has 6 heavy (non-hydrogen) atoms. The molecule has 0 saturated carbocycles. The number of allylic oxidation sites excluding steroid dienone is 1. The van der Waals surface area contributed by atoms with Gasteiger partial charge in [0.1, 0.15) is 0 Å². The summed E-state index contributed by atoms with van der Waals surface area (Å²) in [4.78, 5) is 0. The first-order valence-electron chi connectivity index (χ1n) is 1.71. The molecule has 0 atom stereocenters. The van der Waals surface area contributed by atoms with Crippen LogP contribution in [0.1, 0.15) is 0 Å². The number of hydrogen-bond acceptors (Lipinski definition) is 1. The summed E-state index contributed by atoms with van der Waals surface area (Å²) in [6.45, 7) is 0. The predicted octanol–water partition coefficient (Wildman–Crippen LogP) is -0.310. The van der Waals surface area contributed by atoms with Crippen molar-refractivity contribution < 1.29 is 0 Å². The van der Waals surface area contributed by atoms with Crippen molar-refractivity contribution in [1.82, 2.24) is 5.32 Å². The van der Waals surface area contributed by atoms with Gasteiger partial charge in [-0.1, -0.05) is 0 Å². The molecule has 0 saturated heterocycles. The molecule has 0 bridgehead atoms. The van der Waals surface area contributed by atoms with Crippen molar-refractivity contribution in [2.24, 2.45) is 0 Å². The van der Waals surface area contributed by atoms with E-state index in [9.17, 15) is 0 Å². The molecule has 0 aliphatic rings. The first-order valence-corrected chi connectivity index (χ1v) is 3.19. The van der Waals surface area contributed by atoms with Crippen LogP contribution in [0.25, 0.3) is 0 Å². The molecule has 0 aromatic carbocycles. The molecule has 1 N–H and O–H groups in total. The van der Waals surface area contributed by atoms with E-state index >= 15 is 0 Å². The Morgan fingerprint density at radius 3 is 2.50 bits per heavy atom. The van der Waals surface area contributed by atoms with Crippen LogP contribution in [0.3, 0.4) is 0 Å². The van der Waals surface area contributed by atoms with E-state index in [1.54, 1.807) is 22.5 Å². The van der Waals surface area contributed by atoms with Gasteiger partial charge < -0.3 is 0 Å². The third kappa shape index (κ3) is 4.23. The van der Waals surface area contributed by atoms with Gasteiger partial charge in [0.15, 0.2) is 0 Å². The molecule has 2 heteroatoms. The Balaban J connectivity index is 2.94. The van der Waals surface area contributed by atoms with Gasteiger partial charge in [-0.05, 0) is 0 Å². The van der Waals surface area contributed by atoms with E-state index in [-0.39, 0.29) is 0 Å². The minimum absolute atomic E-state index is 1.68. The summed E-state index contributed by atoms with van der Waals surface area (Å²) in [5.41, 5.74) is 0. The average Bonchev–Trinajstić information content (AvgIpc) is 1.61. The SMILES string of the molecule is CN/C=C\[CH]=[Sb+]. The number of nitrogens with one attached hydrogen (secondary N) is 1. The first-order chi connectivity index (χ1) is 2.91. The molecule has 0 aromatic rings. The molecular formula is C4H7NSb+. The third-order valence-corrected chi connectivity index (χ3v) is 0.840. The second-order valence-corrected chi connectivity index (χ2v) is 1.65. The summed E-state index contributed by atoms with van der Waals surface area (Å²) in [5.74, 6) is 0. The zero-order valence-electron chi connectivity index (χ0n) is 3.68. The van der Waals surface area contributed by atoms with E-state index in [0.29, 0.717) is 0 Å². The van der Waals surface area contributed by atoms with E-state index in [2.05, 4.69) is 5.32 Å². The van der Waals surface area contributed by atoms with Gasteiger partial charge in [0.05, 0.1) is 0 Å². The molecule has 32 valence electrons. The summed E-state index contributed by atoms with van der Waals surface area (Å²) < 4.78 is 2.02. The Hall–Kier alpha value is 0.228. The molecular weight excluding hydrogens is 184 g/mol. The van der Waals surface area contributed by atoms with Gasteiger partial charge in [0.25, 0.3) is 0 Å². The van der Waals surface area contributed by atoms with Crippen molar-refractivity contribution in [2.45, 2.75) is 0 Å². The van der Waals surface area contributed by atoms with Crippen LogP contribution in [0.4, 0.5) is 0 Å². The molecule has 2 radical (unpaired) electrons. The van der Waals surface area contributed by atoms with Gasteiger partial charge in [-0.15, -0.1) is 0 Å². The van der Waals surface area contributed by atoms with Crippen LogP contribution >= 0.6 is 0 Å². The molecule has 1 nitrogen and oxygen atoms in total. The van der Waals surface area contributed by atoms with Gasteiger partial charge in [0, 0.05) is 0 Å². The van der Waals surface area contributed by atoms with Crippen molar-refractivity contribution in [3.63, 3.8) is 0 Å². The topological polar surface area (TPSA) is 12.0 Å². The maximum atomic E-state index is 2.86. The van der Waals surface area contributed by atoms with Gasteiger partial charge in [-0.25, -0.2) is 0 Å². The third-order valence-electron chi connectivity index (χ3n) is 0.349. The molecule has 0 fully saturated rings. The summed E-state index contributed by atoms with van der Waals surface area (Å²) in [5, 5.41) is 2.86. The second kappa shape index (κ2) is 5.23. The Labute approximate surface area is 51.4 Å². The van der Waals surface area contributed by atoms with Crippen molar-refractivity contribution in [1.29, 1.82) is 0 Å². The van der Waals surface area contributed by atoms with Crippen LogP contribution < -0.4 is 5.32 Å². The van der Waals surface area contributed by atoms with Gasteiger partial charge >= 0.3 is 51.1 Å². The van der Waals surface area contributed by atoms with Gasteiger partial charge in [-0.2, -0.15) is 0 Å². The van der Waals surface area contributed by atoms with Crippen molar-refractivity contribution >= 4 is 26.5 Å². The van der Waals surface area contributed by atoms with Crippen molar-refractivity contribution in [3.8, 4) is 0 Å². The average molecular weight is 191 g/mol. The summed E-state index contributed by atoms with van der Waals surface area (Å²) in [6, 6.07) is 0. The van der Waals surface area contributed by atoms with Crippen molar-refractivity contribution in [2.75, 3.05) is 7.05 Å². The molecule has 0 rings (SSSR count). The van der Waals surface area contributed by atoms with E-state index in [1.165, 1.54) is 0 Å². The van der Waals surface area contributed by atoms with E-state index in [0.717, 1.165) is 0 Å². The van der Waals surface area contributed by atoms with Crippen LogP contribution in [0.15, 0.2) is 12.3 Å². The molecule has 0 unspecified atom stereocenters.